The predicted molar refractivity (Wildman–Crippen MR) is 164 cm³/mol. The van der Waals surface area contributed by atoms with Crippen LogP contribution in [0.1, 0.15) is 36.6 Å². The Hall–Kier alpha value is -3.91. The smallest absolute Gasteiger partial charge is 0.338 e. The van der Waals surface area contributed by atoms with Gasteiger partial charge in [0.05, 0.1) is 28.5 Å². The molecule has 206 valence electrons. The van der Waals surface area contributed by atoms with Crippen molar-refractivity contribution >= 4 is 57.5 Å². The number of benzene rings is 3. The van der Waals surface area contributed by atoms with Gasteiger partial charge in [-0.05, 0) is 55.3 Å². The van der Waals surface area contributed by atoms with E-state index in [0.717, 1.165) is 27.6 Å². The summed E-state index contributed by atoms with van der Waals surface area (Å²) >= 11 is 13.9. The Morgan fingerprint density at radius 1 is 1.05 bits per heavy atom. The molecule has 3 heterocycles. The highest BCUT2D eigenvalue weighted by atomic mass is 35.5. The molecule has 6 nitrogen and oxygen atoms in total. The number of aromatic nitrogens is 2. The lowest BCUT2D eigenvalue weighted by Gasteiger charge is -2.24. The fourth-order valence-corrected chi connectivity index (χ4v) is 6.58. The molecule has 0 saturated carbocycles. The van der Waals surface area contributed by atoms with Crippen LogP contribution in [0.5, 0.6) is 0 Å². The lowest BCUT2D eigenvalue weighted by molar-refractivity contribution is -0.139. The molecule has 3 aromatic carbocycles. The van der Waals surface area contributed by atoms with E-state index in [2.05, 4.69) is 15.6 Å². The normalized spacial score (nSPS) is 15.2. The van der Waals surface area contributed by atoms with Crippen molar-refractivity contribution < 1.29 is 9.53 Å². The van der Waals surface area contributed by atoms with Gasteiger partial charge < -0.3 is 9.30 Å². The van der Waals surface area contributed by atoms with Crippen molar-refractivity contribution in [3.63, 3.8) is 0 Å². The van der Waals surface area contributed by atoms with Gasteiger partial charge >= 0.3 is 5.97 Å². The maximum Gasteiger partial charge on any atom is 0.338 e. The van der Waals surface area contributed by atoms with Gasteiger partial charge in [0.25, 0.3) is 5.56 Å². The number of thiazole rings is 1. The number of nitrogens with zero attached hydrogens (tertiary/aromatic N) is 3. The first-order valence-electron chi connectivity index (χ1n) is 13.1. The summed E-state index contributed by atoms with van der Waals surface area (Å²) in [5, 5.41) is 2.28. The Bertz CT molecular complexity index is 2020. The van der Waals surface area contributed by atoms with Crippen molar-refractivity contribution in [2.24, 2.45) is 4.99 Å². The number of halogens is 2. The Labute approximate surface area is 250 Å². The second kappa shape index (κ2) is 11.2. The number of carbonyl (C=O) groups excluding carboxylic acids is 1. The monoisotopic (exact) mass is 601 g/mol. The van der Waals surface area contributed by atoms with E-state index in [9.17, 15) is 9.59 Å². The Balaban J connectivity index is 1.52. The van der Waals surface area contributed by atoms with Crippen molar-refractivity contribution in [2.45, 2.75) is 26.4 Å². The SMILES string of the molecule is CCOC(=O)C1=C(C)N=c2s/c(=C\c3cn(Cc4ccccc4Cl)c4ccccc34)c(=O)n2[C@H]1c1ccc(Cl)cc1. The number of hydrogen-bond donors (Lipinski definition) is 0. The van der Waals surface area contributed by atoms with Crippen molar-refractivity contribution in [3.8, 4) is 0 Å². The highest BCUT2D eigenvalue weighted by molar-refractivity contribution is 7.07. The van der Waals surface area contributed by atoms with Crippen molar-refractivity contribution in [1.29, 1.82) is 0 Å². The molecule has 0 fully saturated rings. The van der Waals surface area contributed by atoms with Crippen molar-refractivity contribution in [2.75, 3.05) is 6.61 Å². The van der Waals surface area contributed by atoms with Crippen LogP contribution in [0.25, 0.3) is 17.0 Å². The van der Waals surface area contributed by atoms with E-state index in [0.29, 0.717) is 37.2 Å². The molecule has 1 aliphatic heterocycles. The zero-order valence-corrected chi connectivity index (χ0v) is 24.6. The lowest BCUT2D eigenvalue weighted by atomic mass is 9.96. The maximum atomic E-state index is 14.0. The number of rotatable bonds is 6. The summed E-state index contributed by atoms with van der Waals surface area (Å²) in [5.74, 6) is -0.495. The Morgan fingerprint density at radius 3 is 2.54 bits per heavy atom. The second-order valence-electron chi connectivity index (χ2n) is 9.67. The van der Waals surface area contributed by atoms with E-state index in [1.807, 2.05) is 66.9 Å². The topological polar surface area (TPSA) is 65.6 Å². The summed E-state index contributed by atoms with van der Waals surface area (Å²) in [6.07, 6.45) is 3.94. The number of para-hydroxylation sites is 1. The minimum absolute atomic E-state index is 0.214. The molecule has 9 heteroatoms. The molecular formula is C32H25Cl2N3O3S. The first kappa shape index (κ1) is 27.3. The summed E-state index contributed by atoms with van der Waals surface area (Å²) in [4.78, 5) is 32.3. The average Bonchev–Trinajstić information content (AvgIpc) is 3.46. The summed E-state index contributed by atoms with van der Waals surface area (Å²) in [7, 11) is 0. The quantitative estimate of drug-likeness (QED) is 0.221. The van der Waals surface area contributed by atoms with Crippen molar-refractivity contribution in [1.82, 2.24) is 9.13 Å². The van der Waals surface area contributed by atoms with Crippen LogP contribution in [-0.2, 0) is 16.1 Å². The number of allylic oxidation sites excluding steroid dienone is 1. The van der Waals surface area contributed by atoms with Gasteiger partial charge in [-0.1, -0.05) is 83.1 Å². The third kappa shape index (κ3) is 5.05. The fourth-order valence-electron chi connectivity index (χ4n) is 5.22. The van der Waals surface area contributed by atoms with Gasteiger partial charge in [0.2, 0.25) is 0 Å². The largest absolute Gasteiger partial charge is 0.463 e. The van der Waals surface area contributed by atoms with Crippen LogP contribution in [0.3, 0.4) is 0 Å². The molecular weight excluding hydrogens is 577 g/mol. The highest BCUT2D eigenvalue weighted by Crippen LogP contribution is 2.31. The molecule has 0 bridgehead atoms. The highest BCUT2D eigenvalue weighted by Gasteiger charge is 2.33. The number of carbonyl (C=O) groups is 1. The third-order valence-electron chi connectivity index (χ3n) is 7.11. The summed E-state index contributed by atoms with van der Waals surface area (Å²) in [6, 6.07) is 22.3. The standard InChI is InChI=1S/C32H25Cl2N3O3S/c1-3-40-31(39)28-19(2)35-32-37(29(28)20-12-14-23(33)15-13-20)30(38)27(41-32)16-22-18-36(26-11-7-5-9-24(22)26)17-21-8-4-6-10-25(21)34/h4-16,18,29H,3,17H2,1-2H3/b27-16-/t29-/m0/s1. The second-order valence-corrected chi connectivity index (χ2v) is 11.5. The molecule has 1 aliphatic rings. The Kier molecular flexibility index (Phi) is 7.43. The van der Waals surface area contributed by atoms with E-state index in [1.54, 1.807) is 30.5 Å². The molecule has 0 spiro atoms. The minimum atomic E-state index is -0.689. The molecule has 0 saturated heterocycles. The zero-order chi connectivity index (χ0) is 28.7. The van der Waals surface area contributed by atoms with Crippen LogP contribution in [0.15, 0.2) is 100 Å². The van der Waals surface area contributed by atoms with Crippen LogP contribution in [0.2, 0.25) is 10.0 Å². The van der Waals surface area contributed by atoms with Gasteiger partial charge in [0.1, 0.15) is 0 Å². The molecule has 6 rings (SSSR count). The van der Waals surface area contributed by atoms with Crippen LogP contribution in [0.4, 0.5) is 0 Å². The molecule has 0 unspecified atom stereocenters. The van der Waals surface area contributed by atoms with Crippen molar-refractivity contribution in [3.05, 3.63) is 137 Å². The lowest BCUT2D eigenvalue weighted by Crippen LogP contribution is -2.39. The van der Waals surface area contributed by atoms with E-state index in [4.69, 9.17) is 27.9 Å². The average molecular weight is 603 g/mol. The zero-order valence-electron chi connectivity index (χ0n) is 22.3. The Morgan fingerprint density at radius 2 is 1.78 bits per heavy atom. The predicted octanol–water partition coefficient (Wildman–Crippen LogP) is 6.11. The van der Waals surface area contributed by atoms with Crippen LogP contribution < -0.4 is 14.9 Å². The van der Waals surface area contributed by atoms with Gasteiger partial charge in [-0.15, -0.1) is 0 Å². The summed E-state index contributed by atoms with van der Waals surface area (Å²) in [5.41, 5.74) is 4.32. The third-order valence-corrected chi connectivity index (χ3v) is 8.71. The first-order valence-corrected chi connectivity index (χ1v) is 14.7. The number of hydrogen-bond acceptors (Lipinski definition) is 5. The first-order chi connectivity index (χ1) is 19.9. The molecule has 1 atom stereocenters. The molecule has 0 aliphatic carbocycles. The number of ether oxygens (including phenoxy) is 1. The van der Waals surface area contributed by atoms with Crippen LogP contribution >= 0.6 is 34.5 Å². The van der Waals surface area contributed by atoms with Gasteiger partial charge in [-0.2, -0.15) is 0 Å². The summed E-state index contributed by atoms with van der Waals surface area (Å²) in [6.45, 7) is 4.33. The molecule has 0 amide bonds. The molecule has 41 heavy (non-hydrogen) atoms. The van der Waals surface area contributed by atoms with E-state index < -0.39 is 12.0 Å². The van der Waals surface area contributed by atoms with Gasteiger partial charge in [-0.3, -0.25) is 9.36 Å². The van der Waals surface area contributed by atoms with E-state index in [1.165, 1.54) is 11.3 Å². The molecule has 0 radical (unpaired) electrons. The molecule has 0 N–H and O–H groups in total. The maximum absolute atomic E-state index is 14.0. The number of fused-ring (bicyclic) bond motifs is 2. The van der Waals surface area contributed by atoms with Gasteiger partial charge in [0.15, 0.2) is 4.80 Å². The molecule has 2 aromatic heterocycles. The molecule has 5 aromatic rings. The number of esters is 1. The minimum Gasteiger partial charge on any atom is -0.463 e. The van der Waals surface area contributed by atoms with E-state index in [-0.39, 0.29) is 12.2 Å². The fraction of sp³-hybridized carbons (Fsp3) is 0.156. The van der Waals surface area contributed by atoms with Gasteiger partial charge in [-0.25, -0.2) is 9.79 Å². The van der Waals surface area contributed by atoms with E-state index >= 15 is 0 Å². The van der Waals surface area contributed by atoms with Crippen LogP contribution in [-0.4, -0.2) is 21.7 Å². The van der Waals surface area contributed by atoms with Crippen LogP contribution in [0, 0.1) is 0 Å². The summed E-state index contributed by atoms with van der Waals surface area (Å²) < 4.78 is 9.62. The van der Waals surface area contributed by atoms with Gasteiger partial charge in [0, 0.05) is 39.3 Å².